The van der Waals surface area contributed by atoms with Crippen molar-refractivity contribution in [2.75, 3.05) is 19.0 Å². The van der Waals surface area contributed by atoms with Gasteiger partial charge < -0.3 is 10.1 Å². The van der Waals surface area contributed by atoms with E-state index in [0.717, 1.165) is 12.0 Å². The second kappa shape index (κ2) is 8.53. The van der Waals surface area contributed by atoms with E-state index in [1.807, 2.05) is 32.0 Å². The number of anilines is 1. The van der Waals surface area contributed by atoms with Crippen LogP contribution < -0.4 is 10.1 Å². The van der Waals surface area contributed by atoms with E-state index in [-0.39, 0.29) is 28.7 Å². The maximum absolute atomic E-state index is 13.0. The zero-order valence-electron chi connectivity index (χ0n) is 19.0. The maximum atomic E-state index is 13.0. The van der Waals surface area contributed by atoms with Gasteiger partial charge in [0.15, 0.2) is 0 Å². The molecule has 3 amide bonds. The number of methoxy groups -OCH3 is 1. The van der Waals surface area contributed by atoms with Gasteiger partial charge in [-0.25, -0.2) is 0 Å². The van der Waals surface area contributed by atoms with E-state index in [1.54, 1.807) is 19.2 Å². The first-order valence-electron chi connectivity index (χ1n) is 10.5. The van der Waals surface area contributed by atoms with E-state index in [9.17, 15) is 14.4 Å². The Morgan fingerprint density at radius 1 is 1.03 bits per heavy atom. The molecule has 0 aromatic heterocycles. The van der Waals surface area contributed by atoms with E-state index >= 15 is 0 Å². The number of nitrogens with one attached hydrogen (secondary N) is 1. The van der Waals surface area contributed by atoms with Crippen molar-refractivity contribution in [2.24, 2.45) is 5.92 Å². The summed E-state index contributed by atoms with van der Waals surface area (Å²) in [7, 11) is 1.55. The normalized spacial score (nSPS) is 13.6. The summed E-state index contributed by atoms with van der Waals surface area (Å²) in [6.45, 7) is 10.7. The van der Waals surface area contributed by atoms with Crippen LogP contribution in [0.2, 0.25) is 0 Å². The smallest absolute Gasteiger partial charge is 0.261 e. The van der Waals surface area contributed by atoms with Gasteiger partial charge in [0.1, 0.15) is 5.75 Å². The van der Waals surface area contributed by atoms with Gasteiger partial charge in [-0.1, -0.05) is 40.7 Å². The lowest BCUT2D eigenvalue weighted by Crippen LogP contribution is -2.31. The van der Waals surface area contributed by atoms with Crippen LogP contribution in [0.15, 0.2) is 36.4 Å². The lowest BCUT2D eigenvalue weighted by molar-refractivity contribution is 0.0647. The Bertz CT molecular complexity index is 1030. The number of rotatable bonds is 6. The van der Waals surface area contributed by atoms with Crippen molar-refractivity contribution in [2.45, 2.75) is 46.5 Å². The van der Waals surface area contributed by atoms with Gasteiger partial charge in [0.2, 0.25) is 0 Å². The van der Waals surface area contributed by atoms with E-state index in [1.165, 1.54) is 11.0 Å². The Labute approximate surface area is 183 Å². The Morgan fingerprint density at radius 3 is 2.32 bits per heavy atom. The molecule has 0 radical (unpaired) electrons. The van der Waals surface area contributed by atoms with Crippen LogP contribution >= 0.6 is 0 Å². The highest BCUT2D eigenvalue weighted by atomic mass is 16.5. The van der Waals surface area contributed by atoms with Gasteiger partial charge >= 0.3 is 0 Å². The highest BCUT2D eigenvalue weighted by molar-refractivity contribution is 6.22. The molecule has 1 N–H and O–H groups in total. The number of fused-ring (bicyclic) bond motifs is 1. The predicted molar refractivity (Wildman–Crippen MR) is 121 cm³/mol. The number of nitrogens with zero attached hydrogens (tertiary/aromatic N) is 1. The third-order valence-electron chi connectivity index (χ3n) is 5.48. The van der Waals surface area contributed by atoms with E-state index in [0.29, 0.717) is 35.0 Å². The molecule has 0 unspecified atom stereocenters. The summed E-state index contributed by atoms with van der Waals surface area (Å²) in [5.41, 5.74) is 2.45. The number of ether oxygens (including phenoxy) is 1. The molecule has 0 bridgehead atoms. The largest absolute Gasteiger partial charge is 0.495 e. The number of benzene rings is 2. The second-order valence-electron chi connectivity index (χ2n) is 9.32. The van der Waals surface area contributed by atoms with E-state index in [2.05, 4.69) is 26.1 Å². The highest BCUT2D eigenvalue weighted by Crippen LogP contribution is 2.32. The Hall–Kier alpha value is -3.15. The second-order valence-corrected chi connectivity index (χ2v) is 9.32. The molecule has 164 valence electrons. The van der Waals surface area contributed by atoms with E-state index in [4.69, 9.17) is 4.74 Å². The Morgan fingerprint density at radius 2 is 1.71 bits per heavy atom. The van der Waals surface area contributed by atoms with Crippen molar-refractivity contribution in [3.8, 4) is 5.75 Å². The summed E-state index contributed by atoms with van der Waals surface area (Å²) in [5.74, 6) is -0.0825. The summed E-state index contributed by atoms with van der Waals surface area (Å²) in [6.07, 6.45) is 0.739. The molecule has 1 heterocycles. The zero-order chi connectivity index (χ0) is 22.9. The SMILES string of the molecule is COc1ccc(C(C)(C)C)cc1NC(=O)c1ccc2c(c1)C(=O)N(CCC(C)C)C2=O. The maximum Gasteiger partial charge on any atom is 0.261 e. The molecular weight excluding hydrogens is 392 g/mol. The third kappa shape index (κ3) is 4.63. The molecule has 0 spiro atoms. The number of amides is 3. The van der Waals surface area contributed by atoms with Crippen LogP contribution in [-0.4, -0.2) is 36.3 Å². The summed E-state index contributed by atoms with van der Waals surface area (Å²) in [6, 6.07) is 10.3. The number of hydrogen-bond donors (Lipinski definition) is 1. The minimum Gasteiger partial charge on any atom is -0.495 e. The fourth-order valence-corrected chi connectivity index (χ4v) is 3.49. The average Bonchev–Trinajstić information content (AvgIpc) is 2.95. The Balaban J connectivity index is 1.86. The van der Waals surface area contributed by atoms with Crippen LogP contribution in [0.3, 0.4) is 0 Å². The van der Waals surface area contributed by atoms with Crippen LogP contribution in [-0.2, 0) is 5.41 Å². The van der Waals surface area contributed by atoms with Gasteiger partial charge in [-0.2, -0.15) is 0 Å². The fourth-order valence-electron chi connectivity index (χ4n) is 3.49. The average molecular weight is 423 g/mol. The van der Waals surface area contributed by atoms with E-state index < -0.39 is 0 Å². The molecule has 0 saturated carbocycles. The number of hydrogen-bond acceptors (Lipinski definition) is 4. The minimum atomic E-state index is -0.368. The molecule has 6 heteroatoms. The molecule has 0 fully saturated rings. The molecule has 1 aliphatic heterocycles. The third-order valence-corrected chi connectivity index (χ3v) is 5.48. The molecule has 1 aliphatic rings. The van der Waals surface area contributed by atoms with Crippen molar-refractivity contribution in [1.82, 2.24) is 4.90 Å². The van der Waals surface area contributed by atoms with Crippen LogP contribution in [0.25, 0.3) is 0 Å². The van der Waals surface area contributed by atoms with Crippen LogP contribution in [0, 0.1) is 5.92 Å². The van der Waals surface area contributed by atoms with Crippen molar-refractivity contribution in [1.29, 1.82) is 0 Å². The molecule has 2 aromatic carbocycles. The number of imide groups is 1. The first-order valence-corrected chi connectivity index (χ1v) is 10.5. The zero-order valence-corrected chi connectivity index (χ0v) is 19.0. The highest BCUT2D eigenvalue weighted by Gasteiger charge is 2.35. The predicted octanol–water partition coefficient (Wildman–Crippen LogP) is 4.89. The molecule has 0 aliphatic carbocycles. The molecule has 0 saturated heterocycles. The quantitative estimate of drug-likeness (QED) is 0.673. The van der Waals surface area contributed by atoms with Gasteiger partial charge in [-0.3, -0.25) is 19.3 Å². The summed E-state index contributed by atoms with van der Waals surface area (Å²) < 4.78 is 5.39. The summed E-state index contributed by atoms with van der Waals surface area (Å²) >= 11 is 0. The van der Waals surface area contributed by atoms with Crippen LogP contribution in [0.1, 0.15) is 77.7 Å². The standard InChI is InChI=1S/C25H30N2O4/c1-15(2)11-12-27-23(29)18-9-7-16(13-19(18)24(27)30)22(28)26-20-14-17(25(3,4)5)8-10-21(20)31-6/h7-10,13-15H,11-12H2,1-6H3,(H,26,28). The van der Waals surface area contributed by atoms with Gasteiger partial charge in [-0.15, -0.1) is 0 Å². The lowest BCUT2D eigenvalue weighted by atomic mass is 9.87. The summed E-state index contributed by atoms with van der Waals surface area (Å²) in [4.78, 5) is 39.6. The molecule has 6 nitrogen and oxygen atoms in total. The number of carbonyl (C=O) groups excluding carboxylic acids is 3. The monoisotopic (exact) mass is 422 g/mol. The lowest BCUT2D eigenvalue weighted by Gasteiger charge is -2.21. The van der Waals surface area contributed by atoms with Crippen molar-refractivity contribution in [3.63, 3.8) is 0 Å². The Kier molecular flexibility index (Phi) is 6.20. The number of carbonyl (C=O) groups is 3. The molecular formula is C25H30N2O4. The topological polar surface area (TPSA) is 75.7 Å². The first kappa shape index (κ1) is 22.5. The van der Waals surface area contributed by atoms with Gasteiger partial charge in [0, 0.05) is 12.1 Å². The summed E-state index contributed by atoms with van der Waals surface area (Å²) in [5, 5.41) is 2.89. The van der Waals surface area contributed by atoms with Gasteiger partial charge in [-0.05, 0) is 53.6 Å². The molecule has 2 aromatic rings. The molecule has 0 atom stereocenters. The first-order chi connectivity index (χ1) is 14.5. The van der Waals surface area contributed by atoms with Crippen molar-refractivity contribution >= 4 is 23.4 Å². The fraction of sp³-hybridized carbons (Fsp3) is 0.400. The van der Waals surface area contributed by atoms with Gasteiger partial charge in [0.25, 0.3) is 17.7 Å². The molecule has 3 rings (SSSR count). The van der Waals surface area contributed by atoms with Crippen molar-refractivity contribution in [3.05, 3.63) is 58.7 Å². The van der Waals surface area contributed by atoms with Crippen LogP contribution in [0.5, 0.6) is 5.75 Å². The minimum absolute atomic E-state index is 0.0917. The van der Waals surface area contributed by atoms with Crippen LogP contribution in [0.4, 0.5) is 5.69 Å². The van der Waals surface area contributed by atoms with Crippen molar-refractivity contribution < 1.29 is 19.1 Å². The van der Waals surface area contributed by atoms with Gasteiger partial charge in [0.05, 0.1) is 23.9 Å². The molecule has 31 heavy (non-hydrogen) atoms.